The number of likely N-dealkylation sites (tertiary alicyclic amines) is 1. The minimum Gasteiger partial charge on any atom is -0.472 e. The molecule has 2 aromatic rings. The van der Waals surface area contributed by atoms with Crippen LogP contribution in [0.5, 0.6) is 0 Å². The van der Waals surface area contributed by atoms with Crippen LogP contribution in [0.15, 0.2) is 60.9 Å². The van der Waals surface area contributed by atoms with E-state index in [4.69, 9.17) is 10.5 Å². The summed E-state index contributed by atoms with van der Waals surface area (Å²) < 4.78 is 7.13. The number of anilines is 1. The number of amides is 1. The fraction of sp³-hybridized carbons (Fsp3) is 0.273. The number of piperidine rings is 1. The van der Waals surface area contributed by atoms with Crippen molar-refractivity contribution in [2.75, 3.05) is 25.9 Å². The number of allylic oxidation sites excluding steroid dienone is 3. The second-order valence-electron chi connectivity index (χ2n) is 6.82. The summed E-state index contributed by atoms with van der Waals surface area (Å²) in [6.45, 7) is 8.36. The molecule has 0 bridgehead atoms. The molecule has 7 heteroatoms. The smallest absolute Gasteiger partial charge is 0.257 e. The van der Waals surface area contributed by atoms with Gasteiger partial charge in [0.05, 0.1) is 16.1 Å². The van der Waals surface area contributed by atoms with Gasteiger partial charge in [-0.15, -0.1) is 11.3 Å². The largest absolute Gasteiger partial charge is 0.472 e. The van der Waals surface area contributed by atoms with Gasteiger partial charge in [0, 0.05) is 36.0 Å². The molecule has 0 atom stereocenters. The Hall–Kier alpha value is -2.90. The number of thiophene rings is 1. The predicted octanol–water partition coefficient (Wildman–Crippen LogP) is 3.48. The summed E-state index contributed by atoms with van der Waals surface area (Å²) in [6, 6.07) is 7.75. The second kappa shape index (κ2) is 8.63. The molecule has 0 radical (unpaired) electrons. The molecule has 152 valence electrons. The second-order valence-corrected chi connectivity index (χ2v) is 7.91. The molecule has 1 fully saturated rings. The molecule has 3 N–H and O–H groups in total. The van der Waals surface area contributed by atoms with E-state index < -0.39 is 5.72 Å². The van der Waals surface area contributed by atoms with Crippen LogP contribution in [0.1, 0.15) is 23.2 Å². The van der Waals surface area contributed by atoms with Crippen molar-refractivity contribution in [2.24, 2.45) is 0 Å². The van der Waals surface area contributed by atoms with Gasteiger partial charge in [0.15, 0.2) is 12.0 Å². The van der Waals surface area contributed by atoms with Crippen LogP contribution in [0.25, 0.3) is 10.1 Å². The number of hydrogen-bond acceptors (Lipinski definition) is 6. The summed E-state index contributed by atoms with van der Waals surface area (Å²) in [5.74, 6) is 0.306. The van der Waals surface area contributed by atoms with Gasteiger partial charge in [-0.3, -0.25) is 14.9 Å². The molecule has 1 aromatic heterocycles. The summed E-state index contributed by atoms with van der Waals surface area (Å²) in [7, 11) is 1.80. The monoisotopic (exact) mass is 411 g/mol. The van der Waals surface area contributed by atoms with Crippen LogP contribution in [0, 0.1) is 0 Å². The summed E-state index contributed by atoms with van der Waals surface area (Å²) >= 11 is 1.43. The van der Waals surface area contributed by atoms with Gasteiger partial charge >= 0.3 is 0 Å². The van der Waals surface area contributed by atoms with Crippen molar-refractivity contribution < 1.29 is 14.3 Å². The van der Waals surface area contributed by atoms with Crippen molar-refractivity contribution in [1.82, 2.24) is 10.2 Å². The minimum atomic E-state index is -0.695. The Labute approximate surface area is 174 Å². The number of nitrogen functional groups attached to an aromatic ring is 1. The summed E-state index contributed by atoms with van der Waals surface area (Å²) in [6.07, 6.45) is 4.74. The number of nitrogens with one attached hydrogen (secondary N) is 1. The quantitative estimate of drug-likeness (QED) is 0.240. The zero-order chi connectivity index (χ0) is 21.0. The minimum absolute atomic E-state index is 0.0659. The van der Waals surface area contributed by atoms with Gasteiger partial charge in [-0.05, 0) is 19.2 Å². The van der Waals surface area contributed by atoms with Crippen LogP contribution in [0.4, 0.5) is 5.00 Å². The summed E-state index contributed by atoms with van der Waals surface area (Å²) in [5.41, 5.74) is 6.38. The van der Waals surface area contributed by atoms with E-state index in [2.05, 4.69) is 18.5 Å². The molecular formula is C22H25N3O3S. The Morgan fingerprint density at radius 2 is 1.97 bits per heavy atom. The SMILES string of the molecule is C=C/C(C=O)=C(\C=C)OC1(NC)CCN(C(=O)c2c(N)sc3ccccc23)CC1. The number of nitrogens with zero attached hydrogens (tertiary/aromatic N) is 1. The number of benzene rings is 1. The fourth-order valence-electron chi connectivity index (χ4n) is 3.55. The highest BCUT2D eigenvalue weighted by molar-refractivity contribution is 7.23. The Kier molecular flexibility index (Phi) is 6.20. The maximum Gasteiger partial charge on any atom is 0.257 e. The van der Waals surface area contributed by atoms with Crippen molar-refractivity contribution in [3.8, 4) is 0 Å². The molecule has 29 heavy (non-hydrogen) atoms. The first-order valence-electron chi connectivity index (χ1n) is 9.37. The van der Waals surface area contributed by atoms with E-state index in [1.807, 2.05) is 24.3 Å². The van der Waals surface area contributed by atoms with E-state index in [1.54, 1.807) is 11.9 Å². The van der Waals surface area contributed by atoms with E-state index in [-0.39, 0.29) is 5.91 Å². The third-order valence-corrected chi connectivity index (χ3v) is 6.27. The van der Waals surface area contributed by atoms with Gasteiger partial charge in [-0.2, -0.15) is 0 Å². The van der Waals surface area contributed by atoms with Crippen molar-refractivity contribution in [1.29, 1.82) is 0 Å². The Bertz CT molecular complexity index is 974. The van der Waals surface area contributed by atoms with Gasteiger partial charge < -0.3 is 15.4 Å². The standard InChI is InChI=1S/C22H25N3O3S/c1-4-15(14-26)17(5-2)28-22(24-3)10-12-25(13-11-22)21(27)19-16-8-6-7-9-18(16)29-20(19)23/h4-9,14,24H,1-2,10-13,23H2,3H3/b17-15-. The maximum absolute atomic E-state index is 13.2. The van der Waals surface area contributed by atoms with Gasteiger partial charge in [0.1, 0.15) is 5.76 Å². The molecule has 1 aliphatic heterocycles. The van der Waals surface area contributed by atoms with Gasteiger partial charge in [0.25, 0.3) is 5.91 Å². The average Bonchev–Trinajstić information content (AvgIpc) is 3.09. The van der Waals surface area contributed by atoms with Crippen molar-refractivity contribution in [2.45, 2.75) is 18.6 Å². The molecule has 0 unspecified atom stereocenters. The first kappa shape index (κ1) is 20.8. The molecule has 1 aliphatic rings. The third-order valence-electron chi connectivity index (χ3n) is 5.27. The number of nitrogens with two attached hydrogens (primary N) is 1. The lowest BCUT2D eigenvalue weighted by Crippen LogP contribution is -2.54. The number of ether oxygens (including phenoxy) is 1. The van der Waals surface area contributed by atoms with E-state index in [1.165, 1.54) is 23.5 Å². The lowest BCUT2D eigenvalue weighted by molar-refractivity contribution is -0.105. The molecule has 1 amide bonds. The molecular weight excluding hydrogens is 386 g/mol. The lowest BCUT2D eigenvalue weighted by atomic mass is 9.98. The fourth-order valence-corrected chi connectivity index (χ4v) is 4.52. The number of fused-ring (bicyclic) bond motifs is 1. The van der Waals surface area contributed by atoms with E-state index in [0.29, 0.717) is 54.1 Å². The highest BCUT2D eigenvalue weighted by Crippen LogP contribution is 2.35. The Morgan fingerprint density at radius 1 is 1.28 bits per heavy atom. The van der Waals surface area contributed by atoms with Crippen LogP contribution >= 0.6 is 11.3 Å². The molecule has 2 heterocycles. The van der Waals surface area contributed by atoms with Crippen LogP contribution < -0.4 is 11.1 Å². The van der Waals surface area contributed by atoms with Gasteiger partial charge in [-0.1, -0.05) is 37.4 Å². The molecule has 1 aromatic carbocycles. The predicted molar refractivity (Wildman–Crippen MR) is 118 cm³/mol. The Morgan fingerprint density at radius 3 is 2.55 bits per heavy atom. The van der Waals surface area contributed by atoms with E-state index >= 15 is 0 Å². The van der Waals surface area contributed by atoms with Crippen molar-refractivity contribution in [3.63, 3.8) is 0 Å². The summed E-state index contributed by atoms with van der Waals surface area (Å²) in [5, 5.41) is 4.63. The normalized spacial score (nSPS) is 16.8. The number of carbonyl (C=O) groups excluding carboxylic acids is 2. The zero-order valence-corrected chi connectivity index (χ0v) is 17.3. The number of aldehydes is 1. The van der Waals surface area contributed by atoms with Crippen LogP contribution in [-0.4, -0.2) is 43.0 Å². The van der Waals surface area contributed by atoms with Crippen molar-refractivity contribution in [3.05, 3.63) is 66.5 Å². The van der Waals surface area contributed by atoms with Crippen LogP contribution in [0.3, 0.4) is 0 Å². The molecule has 0 aliphatic carbocycles. The Balaban J connectivity index is 1.79. The highest BCUT2D eigenvalue weighted by Gasteiger charge is 2.38. The molecule has 6 nitrogen and oxygen atoms in total. The molecule has 3 rings (SSSR count). The van der Waals surface area contributed by atoms with Gasteiger partial charge in [-0.25, -0.2) is 0 Å². The molecule has 0 saturated carbocycles. The first-order valence-corrected chi connectivity index (χ1v) is 10.2. The average molecular weight is 412 g/mol. The van der Waals surface area contributed by atoms with Gasteiger partial charge in [0.2, 0.25) is 0 Å². The summed E-state index contributed by atoms with van der Waals surface area (Å²) in [4.78, 5) is 26.2. The topological polar surface area (TPSA) is 84.7 Å². The number of hydrogen-bond donors (Lipinski definition) is 2. The van der Waals surface area contributed by atoms with Crippen LogP contribution in [0.2, 0.25) is 0 Å². The lowest BCUT2D eigenvalue weighted by Gasteiger charge is -2.42. The van der Waals surface area contributed by atoms with Crippen molar-refractivity contribution >= 4 is 38.6 Å². The third kappa shape index (κ3) is 3.97. The number of rotatable bonds is 7. The highest BCUT2D eigenvalue weighted by atomic mass is 32.1. The zero-order valence-electron chi connectivity index (χ0n) is 16.4. The molecule has 0 spiro atoms. The van der Waals surface area contributed by atoms with E-state index in [0.717, 1.165) is 10.1 Å². The number of carbonyl (C=O) groups is 2. The maximum atomic E-state index is 13.2. The molecule has 1 saturated heterocycles. The van der Waals surface area contributed by atoms with E-state index in [9.17, 15) is 9.59 Å². The first-order chi connectivity index (χ1) is 14.0. The van der Waals surface area contributed by atoms with Crippen LogP contribution in [-0.2, 0) is 9.53 Å².